The molecule has 0 radical (unpaired) electrons. The fourth-order valence-corrected chi connectivity index (χ4v) is 6.03. The van der Waals surface area contributed by atoms with E-state index in [4.69, 9.17) is 4.98 Å². The van der Waals surface area contributed by atoms with Crippen LogP contribution in [0.1, 0.15) is 37.3 Å². The van der Waals surface area contributed by atoms with Crippen LogP contribution in [0.15, 0.2) is 49.2 Å². The second-order valence-electron chi connectivity index (χ2n) is 9.41. The van der Waals surface area contributed by atoms with Gasteiger partial charge in [0.15, 0.2) is 11.5 Å². The second kappa shape index (κ2) is 7.74. The molecule has 3 N–H and O–H groups in total. The lowest BCUT2D eigenvalue weighted by Crippen LogP contribution is -2.47. The molecule has 2 bridgehead atoms. The lowest BCUT2D eigenvalue weighted by molar-refractivity contribution is -0.138. The highest BCUT2D eigenvalue weighted by Gasteiger charge is 2.44. The Balaban J connectivity index is 1.30. The van der Waals surface area contributed by atoms with E-state index < -0.39 is 6.61 Å². The van der Waals surface area contributed by atoms with Crippen LogP contribution in [-0.2, 0) is 4.79 Å². The average molecular weight is 469 g/mol. The number of pyridine rings is 1. The lowest BCUT2D eigenvalue weighted by Gasteiger charge is -2.38. The molecule has 2 unspecified atom stereocenters. The summed E-state index contributed by atoms with van der Waals surface area (Å²) in [6.07, 6.45) is 12.8. The van der Waals surface area contributed by atoms with Gasteiger partial charge >= 0.3 is 0 Å². The van der Waals surface area contributed by atoms with Crippen molar-refractivity contribution in [2.45, 2.75) is 43.7 Å². The molecule has 0 saturated carbocycles. The molecule has 0 aromatic carbocycles. The number of H-pyrrole nitrogens is 2. The summed E-state index contributed by atoms with van der Waals surface area (Å²) in [6, 6.07) is 6.34. The van der Waals surface area contributed by atoms with Crippen molar-refractivity contribution in [1.29, 1.82) is 0 Å². The number of fused-ring (bicyclic) bond motifs is 5. The highest BCUT2D eigenvalue weighted by molar-refractivity contribution is 5.86. The standard InChI is InChI=1S/C25H24N8O2/c34-13-21(35)32-16-2-3-17(32)10-15(9-16)22-18-5-6-28-24(18)33-25(31-22)19(12-30-33)14-1-4-20(29-11-14)23-26-7-8-27-23/h1,4-8,11-12,15-17,28,34H,2-3,9-10,13H2,(H,26,27). The first-order valence-corrected chi connectivity index (χ1v) is 11.9. The van der Waals surface area contributed by atoms with Crippen LogP contribution in [0.3, 0.4) is 0 Å². The maximum Gasteiger partial charge on any atom is 0.248 e. The van der Waals surface area contributed by atoms with E-state index in [1.165, 1.54) is 0 Å². The maximum absolute atomic E-state index is 12.3. The van der Waals surface area contributed by atoms with E-state index in [0.29, 0.717) is 0 Å². The van der Waals surface area contributed by atoms with Gasteiger partial charge in [-0.1, -0.05) is 6.07 Å². The van der Waals surface area contributed by atoms with Crippen molar-refractivity contribution in [3.05, 3.63) is 54.9 Å². The predicted octanol–water partition coefficient (Wildman–Crippen LogP) is 2.89. The number of aromatic amines is 2. The van der Waals surface area contributed by atoms with Gasteiger partial charge in [-0.3, -0.25) is 9.78 Å². The minimum Gasteiger partial charge on any atom is -0.387 e. The summed E-state index contributed by atoms with van der Waals surface area (Å²) in [4.78, 5) is 34.7. The molecule has 10 heteroatoms. The minimum atomic E-state index is -0.421. The lowest BCUT2D eigenvalue weighted by atomic mass is 9.86. The summed E-state index contributed by atoms with van der Waals surface area (Å²) in [5.41, 5.74) is 5.36. The zero-order valence-corrected chi connectivity index (χ0v) is 18.9. The van der Waals surface area contributed by atoms with Crippen molar-refractivity contribution in [1.82, 2.24) is 39.4 Å². The maximum atomic E-state index is 12.3. The zero-order valence-electron chi connectivity index (χ0n) is 18.9. The number of carbonyl (C=O) groups is 1. The zero-order chi connectivity index (χ0) is 23.5. The van der Waals surface area contributed by atoms with Gasteiger partial charge in [0.05, 0.1) is 11.9 Å². The number of nitrogens with zero attached hydrogens (tertiary/aromatic N) is 6. The molecule has 1 amide bonds. The van der Waals surface area contributed by atoms with Crippen molar-refractivity contribution in [3.8, 4) is 22.6 Å². The van der Waals surface area contributed by atoms with E-state index in [9.17, 15) is 9.90 Å². The SMILES string of the molecule is O=C(CO)N1C2CCC1CC(c1nc3c(-c4ccc(-c5ncc[nH]5)nc4)cnn3c3[nH]ccc13)C2. The number of aliphatic hydroxyl groups excluding tert-OH is 1. The van der Waals surface area contributed by atoms with E-state index in [1.54, 1.807) is 12.4 Å². The minimum absolute atomic E-state index is 0.158. The van der Waals surface area contributed by atoms with Gasteiger partial charge in [-0.2, -0.15) is 9.61 Å². The van der Waals surface area contributed by atoms with Crippen LogP contribution in [0.25, 0.3) is 39.3 Å². The molecule has 2 atom stereocenters. The molecule has 7 heterocycles. The van der Waals surface area contributed by atoms with Crippen LogP contribution in [0.2, 0.25) is 0 Å². The molecule has 176 valence electrons. The normalized spacial score (nSPS) is 21.9. The van der Waals surface area contributed by atoms with Crippen molar-refractivity contribution in [3.63, 3.8) is 0 Å². The summed E-state index contributed by atoms with van der Waals surface area (Å²) < 4.78 is 1.85. The molecule has 2 aliphatic rings. The van der Waals surface area contributed by atoms with E-state index in [-0.39, 0.29) is 23.9 Å². The van der Waals surface area contributed by atoms with E-state index >= 15 is 0 Å². The molecule has 0 aliphatic carbocycles. The number of imidazole rings is 1. The number of carbonyl (C=O) groups excluding carboxylic acids is 1. The highest BCUT2D eigenvalue weighted by Crippen LogP contribution is 2.44. The molecule has 2 fully saturated rings. The molecule has 0 spiro atoms. The van der Waals surface area contributed by atoms with Gasteiger partial charge in [0, 0.05) is 59.3 Å². The predicted molar refractivity (Wildman–Crippen MR) is 128 cm³/mol. The van der Waals surface area contributed by atoms with Crippen molar-refractivity contribution in [2.75, 3.05) is 6.61 Å². The Hall–Kier alpha value is -4.05. The quantitative estimate of drug-likeness (QED) is 0.372. The van der Waals surface area contributed by atoms with E-state index in [0.717, 1.165) is 70.7 Å². The molecule has 5 aromatic rings. The van der Waals surface area contributed by atoms with Crippen LogP contribution >= 0.6 is 0 Å². The average Bonchev–Trinajstić information content (AvgIpc) is 3.68. The van der Waals surface area contributed by atoms with Crippen LogP contribution in [0, 0.1) is 0 Å². The Morgan fingerprint density at radius 2 is 1.91 bits per heavy atom. The largest absolute Gasteiger partial charge is 0.387 e. The summed E-state index contributed by atoms with van der Waals surface area (Å²) in [5.74, 6) is 0.807. The van der Waals surface area contributed by atoms with Crippen LogP contribution in [0.5, 0.6) is 0 Å². The van der Waals surface area contributed by atoms with Gasteiger partial charge in [-0.15, -0.1) is 0 Å². The summed E-state index contributed by atoms with van der Waals surface area (Å²) >= 11 is 0. The van der Waals surface area contributed by atoms with Crippen LogP contribution in [0.4, 0.5) is 0 Å². The number of amides is 1. The highest BCUT2D eigenvalue weighted by atomic mass is 16.3. The molecule has 2 aliphatic heterocycles. The van der Waals surface area contributed by atoms with Crippen molar-refractivity contribution in [2.24, 2.45) is 0 Å². The van der Waals surface area contributed by atoms with Gasteiger partial charge in [-0.05, 0) is 37.8 Å². The Morgan fingerprint density at radius 3 is 2.63 bits per heavy atom. The molecule has 5 aromatic heterocycles. The Morgan fingerprint density at radius 1 is 1.06 bits per heavy atom. The third-order valence-corrected chi connectivity index (χ3v) is 7.54. The van der Waals surface area contributed by atoms with Crippen molar-refractivity contribution >= 4 is 22.6 Å². The molecule has 10 nitrogen and oxygen atoms in total. The number of rotatable bonds is 4. The summed E-state index contributed by atoms with van der Waals surface area (Å²) in [5, 5.41) is 15.1. The molecular formula is C25H24N8O2. The van der Waals surface area contributed by atoms with Gasteiger partial charge in [-0.25, -0.2) is 9.97 Å². The first-order chi connectivity index (χ1) is 17.2. The first kappa shape index (κ1) is 20.3. The van der Waals surface area contributed by atoms with Crippen LogP contribution in [-0.4, -0.2) is 69.1 Å². The Kier molecular flexibility index (Phi) is 4.50. The number of piperidine rings is 1. The van der Waals surface area contributed by atoms with Gasteiger partial charge in [0.2, 0.25) is 5.91 Å². The second-order valence-corrected chi connectivity index (χ2v) is 9.41. The number of hydrogen-bond donors (Lipinski definition) is 3. The molecule has 7 rings (SSSR count). The smallest absolute Gasteiger partial charge is 0.248 e. The van der Waals surface area contributed by atoms with Crippen LogP contribution < -0.4 is 0 Å². The summed E-state index contributed by atoms with van der Waals surface area (Å²) in [7, 11) is 0. The fraction of sp³-hybridized carbons (Fsp3) is 0.320. The van der Waals surface area contributed by atoms with Gasteiger partial charge in [0.25, 0.3) is 0 Å². The third kappa shape index (κ3) is 3.09. The number of aliphatic hydroxyl groups is 1. The Labute approximate surface area is 200 Å². The number of nitrogens with one attached hydrogen (secondary N) is 2. The van der Waals surface area contributed by atoms with E-state index in [1.807, 2.05) is 40.1 Å². The molecule has 2 saturated heterocycles. The molecule has 35 heavy (non-hydrogen) atoms. The van der Waals surface area contributed by atoms with Gasteiger partial charge < -0.3 is 20.0 Å². The van der Waals surface area contributed by atoms with E-state index in [2.05, 4.69) is 31.1 Å². The Bertz CT molecular complexity index is 1520. The monoisotopic (exact) mass is 468 g/mol. The summed E-state index contributed by atoms with van der Waals surface area (Å²) in [6.45, 7) is -0.421. The van der Waals surface area contributed by atoms with Gasteiger partial charge in [0.1, 0.15) is 17.9 Å². The fourth-order valence-electron chi connectivity index (χ4n) is 6.03. The van der Waals surface area contributed by atoms with Crippen molar-refractivity contribution < 1.29 is 9.90 Å². The number of hydrogen-bond acceptors (Lipinski definition) is 6. The molecular weight excluding hydrogens is 444 g/mol. The topological polar surface area (TPSA) is 128 Å². The number of aromatic nitrogens is 7. The third-order valence-electron chi connectivity index (χ3n) is 7.54. The first-order valence-electron chi connectivity index (χ1n) is 11.9.